The second-order valence-corrected chi connectivity index (χ2v) is 7.27. The smallest absolute Gasteiger partial charge is 0.272 e. The number of piperidine rings is 1. The fourth-order valence-electron chi connectivity index (χ4n) is 4.02. The Balaban J connectivity index is 1.37. The molecule has 2 aromatic rings. The first-order chi connectivity index (χ1) is 12.8. The molecule has 1 saturated heterocycles. The molecule has 0 spiro atoms. The quantitative estimate of drug-likeness (QED) is 0.767. The first kappa shape index (κ1) is 17.2. The van der Waals surface area contributed by atoms with Gasteiger partial charge in [0.15, 0.2) is 5.69 Å². The van der Waals surface area contributed by atoms with Crippen molar-refractivity contribution in [2.75, 3.05) is 19.6 Å². The van der Waals surface area contributed by atoms with Gasteiger partial charge in [-0.3, -0.25) is 14.8 Å². The predicted molar refractivity (Wildman–Crippen MR) is 101 cm³/mol. The van der Waals surface area contributed by atoms with Crippen molar-refractivity contribution >= 4 is 5.91 Å². The Labute approximate surface area is 154 Å². The van der Waals surface area contributed by atoms with Gasteiger partial charge in [0, 0.05) is 49.9 Å². The van der Waals surface area contributed by atoms with E-state index in [1.54, 1.807) is 0 Å². The van der Waals surface area contributed by atoms with Crippen molar-refractivity contribution in [2.24, 2.45) is 0 Å². The van der Waals surface area contributed by atoms with Crippen LogP contribution in [0.3, 0.4) is 0 Å². The van der Waals surface area contributed by atoms with Gasteiger partial charge in [0.1, 0.15) is 0 Å². The van der Waals surface area contributed by atoms with Crippen LogP contribution >= 0.6 is 0 Å². The monoisotopic (exact) mass is 353 g/mol. The summed E-state index contributed by atoms with van der Waals surface area (Å²) >= 11 is 0. The lowest BCUT2D eigenvalue weighted by Crippen LogP contribution is -2.46. The van der Waals surface area contributed by atoms with Gasteiger partial charge >= 0.3 is 0 Å². The second kappa shape index (κ2) is 8.01. The van der Waals surface area contributed by atoms with E-state index in [0.717, 1.165) is 50.3 Å². The number of hydrogen-bond donors (Lipinski definition) is 3. The van der Waals surface area contributed by atoms with Crippen molar-refractivity contribution in [3.8, 4) is 0 Å². The summed E-state index contributed by atoms with van der Waals surface area (Å²) in [4.78, 5) is 15.1. The number of H-pyrrole nitrogens is 1. The molecule has 1 aromatic heterocycles. The molecule has 3 N–H and O–H groups in total. The molecule has 6 heteroatoms. The SMILES string of the molecule is O=C(NCC1CCCCN1Cc1ccccc1)c1n[nH]c2c1CNCC2. The number of carbonyl (C=O) groups excluding carboxylic acids is 1. The third-order valence-corrected chi connectivity index (χ3v) is 5.50. The zero-order valence-electron chi connectivity index (χ0n) is 15.1. The first-order valence-corrected chi connectivity index (χ1v) is 9.64. The molecule has 1 atom stereocenters. The molecule has 138 valence electrons. The molecule has 0 saturated carbocycles. The topological polar surface area (TPSA) is 73.0 Å². The third-order valence-electron chi connectivity index (χ3n) is 5.50. The highest BCUT2D eigenvalue weighted by Gasteiger charge is 2.25. The molecular formula is C20H27N5O. The number of nitrogens with one attached hydrogen (secondary N) is 3. The van der Waals surface area contributed by atoms with Gasteiger partial charge in [0.25, 0.3) is 5.91 Å². The van der Waals surface area contributed by atoms with Crippen molar-refractivity contribution in [3.63, 3.8) is 0 Å². The van der Waals surface area contributed by atoms with Gasteiger partial charge in [-0.05, 0) is 24.9 Å². The maximum atomic E-state index is 12.6. The number of amides is 1. The lowest BCUT2D eigenvalue weighted by Gasteiger charge is -2.35. The van der Waals surface area contributed by atoms with Gasteiger partial charge in [0.05, 0.1) is 0 Å². The lowest BCUT2D eigenvalue weighted by molar-refractivity contribution is 0.0901. The average Bonchev–Trinajstić information content (AvgIpc) is 3.12. The predicted octanol–water partition coefficient (Wildman–Crippen LogP) is 1.84. The average molecular weight is 353 g/mol. The zero-order valence-corrected chi connectivity index (χ0v) is 15.1. The third kappa shape index (κ3) is 3.81. The normalized spacial score (nSPS) is 20.5. The molecule has 1 amide bonds. The van der Waals surface area contributed by atoms with Crippen LogP contribution in [0.2, 0.25) is 0 Å². The van der Waals surface area contributed by atoms with Gasteiger partial charge in [-0.1, -0.05) is 36.8 Å². The van der Waals surface area contributed by atoms with Crippen LogP contribution in [0.15, 0.2) is 30.3 Å². The maximum absolute atomic E-state index is 12.6. The van der Waals surface area contributed by atoms with Gasteiger partial charge in [-0.2, -0.15) is 5.10 Å². The van der Waals surface area contributed by atoms with Crippen molar-refractivity contribution in [2.45, 2.75) is 44.8 Å². The van der Waals surface area contributed by atoms with E-state index < -0.39 is 0 Å². The Morgan fingerprint density at radius 1 is 1.27 bits per heavy atom. The highest BCUT2D eigenvalue weighted by Crippen LogP contribution is 2.20. The summed E-state index contributed by atoms with van der Waals surface area (Å²) in [6.07, 6.45) is 4.50. The van der Waals surface area contributed by atoms with E-state index in [9.17, 15) is 4.79 Å². The largest absolute Gasteiger partial charge is 0.349 e. The molecule has 26 heavy (non-hydrogen) atoms. The van der Waals surface area contributed by atoms with Crippen LogP contribution in [0.4, 0.5) is 0 Å². The number of hydrogen-bond acceptors (Lipinski definition) is 4. The van der Waals surface area contributed by atoms with Crippen molar-refractivity contribution in [3.05, 3.63) is 52.8 Å². The van der Waals surface area contributed by atoms with Crippen LogP contribution < -0.4 is 10.6 Å². The van der Waals surface area contributed by atoms with Crippen LogP contribution in [0.1, 0.15) is 46.6 Å². The number of rotatable bonds is 5. The van der Waals surface area contributed by atoms with Crippen LogP contribution in [-0.2, 0) is 19.5 Å². The number of benzene rings is 1. The molecular weight excluding hydrogens is 326 g/mol. The summed E-state index contributed by atoms with van der Waals surface area (Å²) in [7, 11) is 0. The molecule has 0 aliphatic carbocycles. The van der Waals surface area contributed by atoms with Crippen LogP contribution in [0.5, 0.6) is 0 Å². The Morgan fingerprint density at radius 2 is 2.15 bits per heavy atom. The lowest BCUT2D eigenvalue weighted by atomic mass is 10.0. The molecule has 1 unspecified atom stereocenters. The summed E-state index contributed by atoms with van der Waals surface area (Å²) in [5.74, 6) is -0.0589. The van der Waals surface area contributed by atoms with E-state index in [1.165, 1.54) is 18.4 Å². The number of aromatic amines is 1. The molecule has 2 aliphatic rings. The fraction of sp³-hybridized carbons (Fsp3) is 0.500. The second-order valence-electron chi connectivity index (χ2n) is 7.27. The van der Waals surface area contributed by atoms with Crippen molar-refractivity contribution in [1.82, 2.24) is 25.7 Å². The van der Waals surface area contributed by atoms with Crippen LogP contribution in [-0.4, -0.2) is 46.7 Å². The van der Waals surface area contributed by atoms with E-state index in [0.29, 0.717) is 18.3 Å². The van der Waals surface area contributed by atoms with Crippen molar-refractivity contribution in [1.29, 1.82) is 0 Å². The number of nitrogens with zero attached hydrogens (tertiary/aromatic N) is 2. The number of aromatic nitrogens is 2. The highest BCUT2D eigenvalue weighted by atomic mass is 16.1. The number of carbonyl (C=O) groups is 1. The van der Waals surface area contributed by atoms with E-state index in [4.69, 9.17) is 0 Å². The minimum absolute atomic E-state index is 0.0589. The van der Waals surface area contributed by atoms with Crippen LogP contribution in [0.25, 0.3) is 0 Å². The molecule has 2 aliphatic heterocycles. The minimum Gasteiger partial charge on any atom is -0.349 e. The van der Waals surface area contributed by atoms with Gasteiger partial charge in [-0.15, -0.1) is 0 Å². The molecule has 1 aromatic carbocycles. The van der Waals surface area contributed by atoms with Gasteiger partial charge < -0.3 is 10.6 Å². The standard InChI is InChI=1S/C20H27N5O/c26-20(19-17-13-21-10-9-18(17)23-24-19)22-12-16-8-4-5-11-25(16)14-15-6-2-1-3-7-15/h1-3,6-7,16,21H,4-5,8-14H2,(H,22,26)(H,23,24). The Hall–Kier alpha value is -2.18. The molecule has 3 heterocycles. The van der Waals surface area contributed by atoms with E-state index >= 15 is 0 Å². The minimum atomic E-state index is -0.0589. The highest BCUT2D eigenvalue weighted by molar-refractivity contribution is 5.94. The summed E-state index contributed by atoms with van der Waals surface area (Å²) in [6.45, 7) is 4.38. The summed E-state index contributed by atoms with van der Waals surface area (Å²) < 4.78 is 0. The van der Waals surface area contributed by atoms with Gasteiger partial charge in [0.2, 0.25) is 0 Å². The number of fused-ring (bicyclic) bond motifs is 1. The number of likely N-dealkylation sites (tertiary alicyclic amines) is 1. The molecule has 4 rings (SSSR count). The molecule has 0 bridgehead atoms. The Kier molecular flexibility index (Phi) is 5.32. The maximum Gasteiger partial charge on any atom is 0.272 e. The fourth-order valence-corrected chi connectivity index (χ4v) is 4.02. The summed E-state index contributed by atoms with van der Waals surface area (Å²) in [5.41, 5.74) is 4.01. The van der Waals surface area contributed by atoms with Crippen LogP contribution in [0, 0.1) is 0 Å². The van der Waals surface area contributed by atoms with E-state index in [-0.39, 0.29) is 5.91 Å². The molecule has 1 fully saturated rings. The van der Waals surface area contributed by atoms with E-state index in [1.807, 2.05) is 0 Å². The Bertz CT molecular complexity index is 742. The molecule has 0 radical (unpaired) electrons. The van der Waals surface area contributed by atoms with Gasteiger partial charge in [-0.25, -0.2) is 0 Å². The van der Waals surface area contributed by atoms with Crippen molar-refractivity contribution < 1.29 is 4.79 Å². The summed E-state index contributed by atoms with van der Waals surface area (Å²) in [6, 6.07) is 11.0. The first-order valence-electron chi connectivity index (χ1n) is 9.64. The van der Waals surface area contributed by atoms with E-state index in [2.05, 4.69) is 56.1 Å². The zero-order chi connectivity index (χ0) is 17.8. The Morgan fingerprint density at radius 3 is 3.04 bits per heavy atom. The molecule has 6 nitrogen and oxygen atoms in total. The summed E-state index contributed by atoms with van der Waals surface area (Å²) in [5, 5.41) is 13.7.